The van der Waals surface area contributed by atoms with Gasteiger partial charge in [0.2, 0.25) is 0 Å². The summed E-state index contributed by atoms with van der Waals surface area (Å²) in [7, 11) is 0. The number of hydrogen-bond acceptors (Lipinski definition) is 9. The molecule has 0 radical (unpaired) electrons. The van der Waals surface area contributed by atoms with E-state index in [0.29, 0.717) is 24.5 Å². The Morgan fingerprint density at radius 3 is 2.71 bits per heavy atom. The first kappa shape index (κ1) is 26.8. The minimum atomic E-state index is -1.22. The van der Waals surface area contributed by atoms with Gasteiger partial charge in [-0.15, -0.1) is 11.3 Å². The van der Waals surface area contributed by atoms with Gasteiger partial charge in [-0.1, -0.05) is 20.8 Å². The third-order valence-electron chi connectivity index (χ3n) is 5.95. The van der Waals surface area contributed by atoms with Crippen molar-refractivity contribution in [1.82, 2.24) is 14.4 Å². The zero-order valence-electron chi connectivity index (χ0n) is 21.1. The Hall–Kier alpha value is -4.26. The molecule has 13 heteroatoms. The summed E-state index contributed by atoms with van der Waals surface area (Å²) in [5, 5.41) is 14.3. The van der Waals surface area contributed by atoms with E-state index in [1.165, 1.54) is 40.1 Å². The molecule has 4 rings (SSSR count). The van der Waals surface area contributed by atoms with Crippen molar-refractivity contribution in [3.8, 4) is 0 Å². The summed E-state index contributed by atoms with van der Waals surface area (Å²) in [6, 6.07) is 2.95. The van der Waals surface area contributed by atoms with E-state index in [9.17, 15) is 19.2 Å². The zero-order chi connectivity index (χ0) is 27.6. The van der Waals surface area contributed by atoms with Crippen LogP contribution in [0, 0.1) is 0 Å². The molecule has 12 nitrogen and oxygen atoms in total. The number of carboxylic acids is 1. The SMILES string of the molecule is CC(C)(C)c1csc(NC(=O)c2ccn3c(=O)c(C=CC(=O)O)c(N4CCC[C@@H](OC(N)=O)C4)nc3c2)n1. The molecule has 0 bridgehead atoms. The highest BCUT2D eigenvalue weighted by Crippen LogP contribution is 2.27. The van der Waals surface area contributed by atoms with E-state index in [0.717, 1.165) is 11.8 Å². The molecule has 4 heterocycles. The van der Waals surface area contributed by atoms with Crippen molar-refractivity contribution in [3.63, 3.8) is 0 Å². The van der Waals surface area contributed by atoms with Gasteiger partial charge in [-0.2, -0.15) is 0 Å². The number of thiazole rings is 1. The van der Waals surface area contributed by atoms with Crippen LogP contribution in [-0.4, -0.2) is 56.6 Å². The molecule has 38 heavy (non-hydrogen) atoms. The number of anilines is 2. The van der Waals surface area contributed by atoms with E-state index in [4.69, 9.17) is 15.6 Å². The number of ether oxygens (including phenoxy) is 1. The van der Waals surface area contributed by atoms with Gasteiger partial charge in [0.25, 0.3) is 11.5 Å². The lowest BCUT2D eigenvalue weighted by molar-refractivity contribution is -0.131. The molecule has 1 fully saturated rings. The fourth-order valence-electron chi connectivity index (χ4n) is 4.06. The van der Waals surface area contributed by atoms with Crippen LogP contribution in [-0.2, 0) is 14.9 Å². The van der Waals surface area contributed by atoms with Gasteiger partial charge in [0.15, 0.2) is 5.13 Å². The number of nitrogens with zero attached hydrogens (tertiary/aromatic N) is 4. The number of amides is 2. The van der Waals surface area contributed by atoms with Crippen LogP contribution in [0.2, 0.25) is 0 Å². The van der Waals surface area contributed by atoms with Gasteiger partial charge in [-0.05, 0) is 31.1 Å². The third kappa shape index (κ3) is 5.99. The lowest BCUT2D eigenvalue weighted by Gasteiger charge is -2.33. The molecule has 4 N–H and O–H groups in total. The van der Waals surface area contributed by atoms with Crippen LogP contribution in [0.5, 0.6) is 0 Å². The Morgan fingerprint density at radius 2 is 2.05 bits per heavy atom. The molecule has 0 aliphatic carbocycles. The maximum absolute atomic E-state index is 13.4. The third-order valence-corrected chi connectivity index (χ3v) is 6.71. The summed E-state index contributed by atoms with van der Waals surface area (Å²) in [5.41, 5.74) is 5.87. The summed E-state index contributed by atoms with van der Waals surface area (Å²) in [4.78, 5) is 59.6. The second-order valence-corrected chi connectivity index (χ2v) is 10.7. The van der Waals surface area contributed by atoms with Crippen LogP contribution < -0.4 is 21.5 Å². The smallest absolute Gasteiger partial charge is 0.404 e. The van der Waals surface area contributed by atoms with Crippen molar-refractivity contribution in [1.29, 1.82) is 0 Å². The van der Waals surface area contributed by atoms with E-state index >= 15 is 0 Å². The van der Waals surface area contributed by atoms with Crippen LogP contribution >= 0.6 is 11.3 Å². The molecule has 2 amide bonds. The van der Waals surface area contributed by atoms with Crippen molar-refractivity contribution in [2.24, 2.45) is 5.73 Å². The van der Waals surface area contributed by atoms with Gasteiger partial charge < -0.3 is 20.5 Å². The van der Waals surface area contributed by atoms with Crippen molar-refractivity contribution in [2.45, 2.75) is 45.1 Å². The summed E-state index contributed by atoms with van der Waals surface area (Å²) in [6.07, 6.45) is 3.27. The number of pyridine rings is 1. The number of piperidine rings is 1. The molecular weight excluding hydrogens is 512 g/mol. The predicted molar refractivity (Wildman–Crippen MR) is 143 cm³/mol. The summed E-state index contributed by atoms with van der Waals surface area (Å²) >= 11 is 1.32. The molecule has 1 aliphatic heterocycles. The van der Waals surface area contributed by atoms with Gasteiger partial charge in [-0.25, -0.2) is 19.6 Å². The first-order chi connectivity index (χ1) is 17.9. The lowest BCUT2D eigenvalue weighted by atomic mass is 9.93. The molecule has 0 saturated carbocycles. The van der Waals surface area contributed by atoms with E-state index in [-0.39, 0.29) is 34.6 Å². The maximum atomic E-state index is 13.4. The fourth-order valence-corrected chi connectivity index (χ4v) is 4.99. The zero-order valence-corrected chi connectivity index (χ0v) is 21.9. The normalized spacial score (nSPS) is 16.1. The standard InChI is InChI=1S/C25H28N6O6S/c1-25(2,3)17-13-38-24(27-17)29-21(34)14-8-10-31-18(11-14)28-20(16(22(31)35)6-7-19(32)33)30-9-4-5-15(12-30)37-23(26)36/h6-8,10-11,13,15H,4-5,9,12H2,1-3H3,(H2,26,36)(H,32,33)(H,27,29,34)/t15-/m1/s1. The van der Waals surface area contributed by atoms with E-state index in [2.05, 4.69) is 15.3 Å². The number of carbonyl (C=O) groups is 3. The van der Waals surface area contributed by atoms with Crippen molar-refractivity contribution in [2.75, 3.05) is 23.3 Å². The van der Waals surface area contributed by atoms with Crippen molar-refractivity contribution < 1.29 is 24.2 Å². The topological polar surface area (TPSA) is 169 Å². The van der Waals surface area contributed by atoms with Crippen LogP contribution in [0.25, 0.3) is 11.7 Å². The number of rotatable bonds is 6. The molecule has 1 atom stereocenters. The number of hydrogen-bond donors (Lipinski definition) is 3. The van der Waals surface area contributed by atoms with Gasteiger partial charge in [0.05, 0.1) is 17.8 Å². The highest BCUT2D eigenvalue weighted by Gasteiger charge is 2.26. The number of aromatic nitrogens is 3. The average molecular weight is 541 g/mol. The minimum Gasteiger partial charge on any atom is -0.478 e. The van der Waals surface area contributed by atoms with Crippen LogP contribution in [0.3, 0.4) is 0 Å². The molecule has 1 aliphatic rings. The summed E-state index contributed by atoms with van der Waals surface area (Å²) < 4.78 is 6.38. The first-order valence-electron chi connectivity index (χ1n) is 11.9. The average Bonchev–Trinajstić information content (AvgIpc) is 3.32. The molecule has 3 aromatic heterocycles. The van der Waals surface area contributed by atoms with Crippen LogP contribution in [0.4, 0.5) is 15.7 Å². The monoisotopic (exact) mass is 540 g/mol. The molecule has 0 spiro atoms. The molecule has 1 saturated heterocycles. The molecule has 3 aromatic rings. The minimum absolute atomic E-state index is 0.0549. The Morgan fingerprint density at radius 1 is 1.29 bits per heavy atom. The number of carboxylic acid groups (broad SMARTS) is 1. The van der Waals surface area contributed by atoms with Crippen LogP contribution in [0.15, 0.2) is 34.6 Å². The maximum Gasteiger partial charge on any atom is 0.404 e. The van der Waals surface area contributed by atoms with Gasteiger partial charge >= 0.3 is 12.1 Å². The van der Waals surface area contributed by atoms with Crippen molar-refractivity contribution >= 4 is 52.0 Å². The first-order valence-corrected chi connectivity index (χ1v) is 12.8. The van der Waals surface area contributed by atoms with E-state index in [1.54, 1.807) is 4.90 Å². The van der Waals surface area contributed by atoms with E-state index < -0.39 is 29.6 Å². The van der Waals surface area contributed by atoms with Crippen molar-refractivity contribution in [3.05, 3.63) is 57.0 Å². The Labute approximate surface area is 221 Å². The van der Waals surface area contributed by atoms with E-state index in [1.807, 2.05) is 26.2 Å². The van der Waals surface area contributed by atoms with Crippen LogP contribution in [0.1, 0.15) is 55.2 Å². The number of primary amides is 1. The highest BCUT2D eigenvalue weighted by molar-refractivity contribution is 7.14. The molecule has 0 aromatic carbocycles. The molecule has 200 valence electrons. The van der Waals surface area contributed by atoms with Gasteiger partial charge in [0.1, 0.15) is 17.6 Å². The highest BCUT2D eigenvalue weighted by atomic mass is 32.1. The Balaban J connectivity index is 1.72. The number of aliphatic carboxylic acids is 1. The second kappa shape index (κ2) is 10.6. The van der Waals surface area contributed by atoms with Gasteiger partial charge in [0, 0.05) is 35.2 Å². The number of nitrogens with one attached hydrogen (secondary N) is 1. The fraction of sp³-hybridized carbons (Fsp3) is 0.360. The Kier molecular flexibility index (Phi) is 7.49. The number of fused-ring (bicyclic) bond motifs is 1. The second-order valence-electron chi connectivity index (χ2n) is 9.86. The summed E-state index contributed by atoms with van der Waals surface area (Å²) in [5.74, 6) is -1.42. The van der Waals surface area contributed by atoms with Gasteiger partial charge in [-0.3, -0.25) is 19.3 Å². The quantitative estimate of drug-likeness (QED) is 0.398. The lowest BCUT2D eigenvalue weighted by Crippen LogP contribution is -2.43. The predicted octanol–water partition coefficient (Wildman–Crippen LogP) is 2.86. The number of nitrogens with two attached hydrogens (primary N) is 1. The largest absolute Gasteiger partial charge is 0.478 e. The number of carbonyl (C=O) groups excluding carboxylic acids is 2. The summed E-state index contributed by atoms with van der Waals surface area (Å²) in [6.45, 7) is 6.81. The Bertz CT molecular complexity index is 1490. The molecular formula is C25H28N6O6S. The molecule has 0 unspecified atom stereocenters.